The second kappa shape index (κ2) is 15.4. The van der Waals surface area contributed by atoms with Crippen LogP contribution in [-0.2, 0) is 33.2 Å². The largest absolute Gasteiger partial charge is 0.394 e. The number of aliphatic hydroxyl groups excluding tert-OH is 12. The summed E-state index contributed by atoms with van der Waals surface area (Å²) in [5, 5.41) is 124. The maximum Gasteiger partial charge on any atom is 0.187 e. The molecule has 0 aromatic carbocycles. The summed E-state index contributed by atoms with van der Waals surface area (Å²) in [6.07, 6.45) is -29.5. The molecule has 4 fully saturated rings. The molecule has 0 amide bonds. The van der Waals surface area contributed by atoms with Crippen molar-refractivity contribution in [3.63, 3.8) is 0 Å². The van der Waals surface area contributed by atoms with Crippen molar-refractivity contribution in [2.45, 2.75) is 136 Å². The van der Waals surface area contributed by atoms with Gasteiger partial charge in [-0.1, -0.05) is 0 Å². The highest BCUT2D eigenvalue weighted by atomic mass is 16.8. The molecule has 5 aliphatic rings. The van der Waals surface area contributed by atoms with E-state index in [-0.39, 0.29) is 0 Å². The Balaban J connectivity index is 1.29. The van der Waals surface area contributed by atoms with Crippen LogP contribution in [0.1, 0.15) is 13.3 Å². The van der Waals surface area contributed by atoms with E-state index in [9.17, 15) is 61.3 Å². The first kappa shape index (κ1) is 37.2. The van der Waals surface area contributed by atoms with Crippen LogP contribution in [0.15, 0.2) is 4.99 Å². The predicted octanol–water partition coefficient (Wildman–Crippen LogP) is -7.83. The summed E-state index contributed by atoms with van der Waals surface area (Å²) < 4.78 is 39.5. The average Bonchev–Trinajstić information content (AvgIpc) is 3.44. The zero-order valence-electron chi connectivity index (χ0n) is 25.3. The Morgan fingerprint density at radius 2 is 1.04 bits per heavy atom. The van der Waals surface area contributed by atoms with Gasteiger partial charge in [0.2, 0.25) is 0 Å². The van der Waals surface area contributed by atoms with E-state index >= 15 is 0 Å². The quantitative estimate of drug-likeness (QED) is 0.101. The molecule has 20 nitrogen and oxygen atoms in total. The van der Waals surface area contributed by atoms with Crippen molar-refractivity contribution in [3.05, 3.63) is 0 Å². The van der Waals surface area contributed by atoms with Crippen LogP contribution < -0.4 is 0 Å². The number of ether oxygens (including phenoxy) is 7. The fourth-order valence-electron chi connectivity index (χ4n) is 6.44. The van der Waals surface area contributed by atoms with Crippen LogP contribution >= 0.6 is 0 Å². The van der Waals surface area contributed by atoms with Gasteiger partial charge in [-0.05, 0) is 6.92 Å². The summed E-state index contributed by atoms with van der Waals surface area (Å²) in [4.78, 5) is 4.36. The summed E-state index contributed by atoms with van der Waals surface area (Å²) in [5.74, 6) is 0. The third kappa shape index (κ3) is 7.37. The van der Waals surface area contributed by atoms with Crippen molar-refractivity contribution in [2.24, 2.45) is 4.99 Å². The van der Waals surface area contributed by atoms with Gasteiger partial charge in [0.25, 0.3) is 0 Å². The molecule has 0 radical (unpaired) electrons. The minimum absolute atomic E-state index is 0.436. The van der Waals surface area contributed by atoms with Crippen molar-refractivity contribution in [1.29, 1.82) is 0 Å². The molecule has 8 unspecified atom stereocenters. The van der Waals surface area contributed by atoms with Crippen LogP contribution in [0.4, 0.5) is 0 Å². The molecule has 272 valence electrons. The predicted molar refractivity (Wildman–Crippen MR) is 147 cm³/mol. The van der Waals surface area contributed by atoms with E-state index in [0.29, 0.717) is 6.42 Å². The second-order valence-corrected chi connectivity index (χ2v) is 12.4. The molecule has 0 aliphatic carbocycles. The molecule has 20 heteroatoms. The van der Waals surface area contributed by atoms with Crippen LogP contribution in [0, 0.1) is 0 Å². The number of rotatable bonds is 10. The number of fused-ring (bicyclic) bond motifs is 1. The van der Waals surface area contributed by atoms with Gasteiger partial charge in [-0.2, -0.15) is 0 Å². The molecule has 0 saturated carbocycles. The first-order valence-corrected chi connectivity index (χ1v) is 15.3. The fourth-order valence-corrected chi connectivity index (χ4v) is 6.44. The third-order valence-electron chi connectivity index (χ3n) is 9.18. The van der Waals surface area contributed by atoms with Crippen LogP contribution in [-0.4, -0.2) is 216 Å². The van der Waals surface area contributed by atoms with Gasteiger partial charge in [0.1, 0.15) is 97.6 Å². The van der Waals surface area contributed by atoms with Crippen LogP contribution in [0.3, 0.4) is 0 Å². The van der Waals surface area contributed by atoms with Gasteiger partial charge in [-0.3, -0.25) is 4.99 Å². The lowest BCUT2D eigenvalue weighted by atomic mass is 9.92. The zero-order valence-corrected chi connectivity index (χ0v) is 25.3. The maximum absolute atomic E-state index is 11.0. The molecule has 0 aromatic rings. The normalized spacial score (nSPS) is 52.2. The SMILES string of the molecule is CC1=NC2[C@@H](O)[C@H](O[C@@H]3OC(CO[C@H]4OC(CO)[C@@H](O)[C@H](O)C4O[C@H]4OC(CO)[C@@H](O)[C@H](O)C4O)[C@@H](O)[C@H](O)C3O)C(CO)O[C@@H]2C1. The Bertz CT molecular complexity index is 1060. The van der Waals surface area contributed by atoms with E-state index in [2.05, 4.69) is 4.99 Å². The molecule has 47 heavy (non-hydrogen) atoms. The molecule has 0 bridgehead atoms. The standard InChI is InChI=1S/C27H45NO19/c1-7-2-8-13(28-7)17(35)23(11(5-31)42-8)46-26-22(40)19(37)16(34)12(45-26)6-41-27-24(20(38)15(33)10(4-30)44-27)47-25-21(39)18(36)14(32)9(3-29)43-25/h8-27,29-40H,2-6H2,1H3/t8-,9?,10?,11?,12?,13?,14-,15-,16-,17-,18+,19+,20+,21?,22?,23-,24?,25-,26+,27+/m1/s1. The van der Waals surface area contributed by atoms with Crippen molar-refractivity contribution in [1.82, 2.24) is 0 Å². The van der Waals surface area contributed by atoms with E-state index in [0.717, 1.165) is 5.71 Å². The topological polar surface area (TPSA) is 320 Å². The van der Waals surface area contributed by atoms with Crippen molar-refractivity contribution in [2.75, 3.05) is 26.4 Å². The summed E-state index contributed by atoms with van der Waals surface area (Å²) >= 11 is 0. The lowest BCUT2D eigenvalue weighted by Gasteiger charge is -2.47. The number of hydrogen-bond acceptors (Lipinski definition) is 20. The number of aliphatic hydroxyl groups is 12. The molecular formula is C27H45NO19. The second-order valence-electron chi connectivity index (χ2n) is 12.4. The Kier molecular flexibility index (Phi) is 12.2. The lowest BCUT2D eigenvalue weighted by molar-refractivity contribution is -0.375. The molecule has 20 atom stereocenters. The molecule has 12 N–H and O–H groups in total. The van der Waals surface area contributed by atoms with E-state index in [1.54, 1.807) is 6.92 Å². The molecule has 5 heterocycles. The van der Waals surface area contributed by atoms with Crippen molar-refractivity contribution < 1.29 is 94.4 Å². The van der Waals surface area contributed by atoms with Crippen molar-refractivity contribution >= 4 is 5.71 Å². The summed E-state index contributed by atoms with van der Waals surface area (Å²) in [6.45, 7) is -1.06. The number of nitrogens with zero attached hydrogens (tertiary/aromatic N) is 1. The Morgan fingerprint density at radius 3 is 1.62 bits per heavy atom. The lowest BCUT2D eigenvalue weighted by Crippen LogP contribution is -2.65. The van der Waals surface area contributed by atoms with Gasteiger partial charge in [0, 0.05) is 12.1 Å². The average molecular weight is 688 g/mol. The van der Waals surface area contributed by atoms with Gasteiger partial charge in [-0.25, -0.2) is 0 Å². The molecule has 5 aliphatic heterocycles. The third-order valence-corrected chi connectivity index (χ3v) is 9.18. The highest BCUT2D eigenvalue weighted by molar-refractivity contribution is 5.84. The molecule has 0 spiro atoms. The van der Waals surface area contributed by atoms with E-state index in [1.165, 1.54) is 0 Å². The van der Waals surface area contributed by atoms with E-state index < -0.39 is 149 Å². The summed E-state index contributed by atoms with van der Waals surface area (Å²) in [7, 11) is 0. The Morgan fingerprint density at radius 1 is 0.553 bits per heavy atom. The minimum Gasteiger partial charge on any atom is -0.394 e. The fraction of sp³-hybridized carbons (Fsp3) is 0.963. The Labute approximate surface area is 267 Å². The monoisotopic (exact) mass is 687 g/mol. The summed E-state index contributed by atoms with van der Waals surface area (Å²) in [6, 6.07) is -0.719. The van der Waals surface area contributed by atoms with Crippen LogP contribution in [0.25, 0.3) is 0 Å². The molecular weight excluding hydrogens is 642 g/mol. The highest BCUT2D eigenvalue weighted by Crippen LogP contribution is 2.35. The van der Waals surface area contributed by atoms with E-state index in [1.807, 2.05) is 0 Å². The molecule has 0 aromatic heterocycles. The minimum atomic E-state index is -1.90. The Hall–Kier alpha value is -1.09. The smallest absolute Gasteiger partial charge is 0.187 e. The first-order valence-electron chi connectivity index (χ1n) is 15.3. The molecule has 5 rings (SSSR count). The van der Waals surface area contributed by atoms with Gasteiger partial charge >= 0.3 is 0 Å². The van der Waals surface area contributed by atoms with Crippen LogP contribution in [0.2, 0.25) is 0 Å². The van der Waals surface area contributed by atoms with E-state index in [4.69, 9.17) is 33.2 Å². The molecule has 4 saturated heterocycles. The highest BCUT2D eigenvalue weighted by Gasteiger charge is 2.54. The van der Waals surface area contributed by atoms with Crippen LogP contribution in [0.5, 0.6) is 0 Å². The first-order chi connectivity index (χ1) is 22.3. The number of aliphatic imine (C=N–C) groups is 1. The number of hydrogen-bond donors (Lipinski definition) is 12. The van der Waals surface area contributed by atoms with Gasteiger partial charge in [0.05, 0.1) is 32.5 Å². The van der Waals surface area contributed by atoms with Gasteiger partial charge < -0.3 is 94.4 Å². The summed E-state index contributed by atoms with van der Waals surface area (Å²) in [5.41, 5.74) is 0.723. The van der Waals surface area contributed by atoms with Gasteiger partial charge in [0.15, 0.2) is 18.9 Å². The van der Waals surface area contributed by atoms with Gasteiger partial charge in [-0.15, -0.1) is 0 Å². The zero-order chi connectivity index (χ0) is 34.3. The van der Waals surface area contributed by atoms with Crippen molar-refractivity contribution in [3.8, 4) is 0 Å². The maximum atomic E-state index is 11.0.